The quantitative estimate of drug-likeness (QED) is 0.841. The smallest absolute Gasteiger partial charge is 0.240 e. The highest BCUT2D eigenvalue weighted by atomic mass is 32.2. The lowest BCUT2D eigenvalue weighted by Gasteiger charge is -2.32. The van der Waals surface area contributed by atoms with Gasteiger partial charge in [0.15, 0.2) is 0 Å². The molecule has 7 heteroatoms. The second kappa shape index (κ2) is 8.24. The van der Waals surface area contributed by atoms with Crippen molar-refractivity contribution in [3.63, 3.8) is 0 Å². The summed E-state index contributed by atoms with van der Waals surface area (Å²) in [6, 6.07) is 7.87. The molecular weight excluding hydrogens is 353 g/mol. The van der Waals surface area contributed by atoms with Crippen LogP contribution in [0.2, 0.25) is 0 Å². The molecule has 1 aliphatic rings. The Kier molecular flexibility index (Phi) is 6.01. The van der Waals surface area contributed by atoms with Gasteiger partial charge in [0, 0.05) is 25.5 Å². The Labute approximate surface area is 154 Å². The second-order valence-electron chi connectivity index (χ2n) is 6.84. The van der Waals surface area contributed by atoms with E-state index in [4.69, 9.17) is 0 Å². The molecule has 0 bridgehead atoms. The summed E-state index contributed by atoms with van der Waals surface area (Å²) in [5.41, 5.74) is 1.78. The van der Waals surface area contributed by atoms with Gasteiger partial charge in [0.05, 0.1) is 4.90 Å². The van der Waals surface area contributed by atoms with E-state index >= 15 is 0 Å². The fourth-order valence-corrected chi connectivity index (χ4v) is 4.63. The number of aromatic nitrogens is 1. The van der Waals surface area contributed by atoms with Crippen LogP contribution in [0.25, 0.3) is 0 Å². The fourth-order valence-electron chi connectivity index (χ4n) is 3.26. The number of piperidine rings is 1. The van der Waals surface area contributed by atoms with Crippen LogP contribution in [0.15, 0.2) is 47.6 Å². The van der Waals surface area contributed by atoms with Crippen LogP contribution >= 0.6 is 0 Å². The number of halogens is 1. The standard InChI is InChI=1S/C19H24FN3O2S/c1-15-2-3-18(20)12-19(15)26(24,25)22-13-16-6-10-23(11-7-16)14-17-4-8-21-9-5-17/h2-5,8-9,12,16,22H,6-7,10-11,13-14H2,1H3. The third-order valence-corrected chi connectivity index (χ3v) is 6.43. The lowest BCUT2D eigenvalue weighted by molar-refractivity contribution is 0.178. The third kappa shape index (κ3) is 4.87. The molecule has 2 aromatic rings. The molecule has 0 saturated carbocycles. The maximum atomic E-state index is 13.4. The Hall–Kier alpha value is -1.83. The van der Waals surface area contributed by atoms with Crippen molar-refractivity contribution in [2.45, 2.75) is 31.2 Å². The van der Waals surface area contributed by atoms with Gasteiger partial charge in [-0.3, -0.25) is 9.88 Å². The molecule has 26 heavy (non-hydrogen) atoms. The van der Waals surface area contributed by atoms with Gasteiger partial charge in [-0.2, -0.15) is 0 Å². The van der Waals surface area contributed by atoms with Crippen molar-refractivity contribution in [1.82, 2.24) is 14.6 Å². The van der Waals surface area contributed by atoms with Crippen LogP contribution in [0.1, 0.15) is 24.0 Å². The first-order valence-corrected chi connectivity index (χ1v) is 10.3. The van der Waals surface area contributed by atoms with Crippen molar-refractivity contribution < 1.29 is 12.8 Å². The number of sulfonamides is 1. The number of benzene rings is 1. The molecule has 140 valence electrons. The molecule has 0 spiro atoms. The lowest BCUT2D eigenvalue weighted by atomic mass is 9.97. The first-order valence-electron chi connectivity index (χ1n) is 8.81. The summed E-state index contributed by atoms with van der Waals surface area (Å²) in [4.78, 5) is 6.42. The first-order chi connectivity index (χ1) is 12.4. The lowest BCUT2D eigenvalue weighted by Crippen LogP contribution is -2.38. The summed E-state index contributed by atoms with van der Waals surface area (Å²) in [5, 5.41) is 0. The number of pyridine rings is 1. The molecule has 2 heterocycles. The molecule has 1 fully saturated rings. The van der Waals surface area contributed by atoms with Crippen LogP contribution in [0.5, 0.6) is 0 Å². The Morgan fingerprint density at radius 3 is 2.58 bits per heavy atom. The van der Waals surface area contributed by atoms with Crippen molar-refractivity contribution in [2.24, 2.45) is 5.92 Å². The van der Waals surface area contributed by atoms with Gasteiger partial charge < -0.3 is 0 Å². The van der Waals surface area contributed by atoms with Gasteiger partial charge >= 0.3 is 0 Å². The highest BCUT2D eigenvalue weighted by Gasteiger charge is 2.23. The molecule has 0 radical (unpaired) electrons. The summed E-state index contributed by atoms with van der Waals surface area (Å²) < 4.78 is 41.0. The van der Waals surface area contributed by atoms with Gasteiger partial charge in [0.25, 0.3) is 0 Å². The highest BCUT2D eigenvalue weighted by molar-refractivity contribution is 7.89. The van der Waals surface area contributed by atoms with Gasteiger partial charge in [-0.25, -0.2) is 17.5 Å². The monoisotopic (exact) mass is 377 g/mol. The molecule has 0 amide bonds. The van der Waals surface area contributed by atoms with E-state index in [2.05, 4.69) is 14.6 Å². The Balaban J connectivity index is 1.51. The van der Waals surface area contributed by atoms with E-state index in [1.807, 2.05) is 12.1 Å². The summed E-state index contributed by atoms with van der Waals surface area (Å²) >= 11 is 0. The highest BCUT2D eigenvalue weighted by Crippen LogP contribution is 2.20. The van der Waals surface area contributed by atoms with Crippen LogP contribution in [0, 0.1) is 18.7 Å². The molecule has 0 aliphatic carbocycles. The van der Waals surface area contributed by atoms with E-state index in [1.165, 1.54) is 17.7 Å². The summed E-state index contributed by atoms with van der Waals surface area (Å²) in [6.07, 6.45) is 5.47. The van der Waals surface area contributed by atoms with E-state index in [1.54, 1.807) is 19.3 Å². The summed E-state index contributed by atoms with van der Waals surface area (Å²) in [6.45, 7) is 4.83. The number of hydrogen-bond donors (Lipinski definition) is 1. The first kappa shape index (κ1) is 18.9. The number of hydrogen-bond acceptors (Lipinski definition) is 4. The van der Waals surface area contributed by atoms with Crippen LogP contribution in [-0.4, -0.2) is 37.9 Å². The zero-order valence-corrected chi connectivity index (χ0v) is 15.7. The predicted molar refractivity (Wildman–Crippen MR) is 98.6 cm³/mol. The average Bonchev–Trinajstić information content (AvgIpc) is 2.64. The molecule has 5 nitrogen and oxygen atoms in total. The van der Waals surface area contributed by atoms with Gasteiger partial charge in [-0.1, -0.05) is 6.07 Å². The summed E-state index contributed by atoms with van der Waals surface area (Å²) in [5.74, 6) is -0.243. The van der Waals surface area contributed by atoms with Gasteiger partial charge in [0.1, 0.15) is 5.82 Å². The van der Waals surface area contributed by atoms with Crippen molar-refractivity contribution in [1.29, 1.82) is 0 Å². The zero-order chi connectivity index (χ0) is 18.6. The number of nitrogens with zero attached hydrogens (tertiary/aromatic N) is 2. The molecule has 0 unspecified atom stereocenters. The maximum absolute atomic E-state index is 13.4. The molecule has 1 aliphatic heterocycles. The van der Waals surface area contributed by atoms with Gasteiger partial charge in [0.2, 0.25) is 10.0 Å². The van der Waals surface area contributed by atoms with Crippen molar-refractivity contribution in [3.05, 3.63) is 59.7 Å². The molecule has 1 N–H and O–H groups in total. The SMILES string of the molecule is Cc1ccc(F)cc1S(=O)(=O)NCC1CCN(Cc2ccncc2)CC1. The van der Waals surface area contributed by atoms with Crippen molar-refractivity contribution >= 4 is 10.0 Å². The second-order valence-corrected chi connectivity index (χ2v) is 8.57. The maximum Gasteiger partial charge on any atom is 0.240 e. The van der Waals surface area contributed by atoms with Crippen LogP contribution < -0.4 is 4.72 Å². The largest absolute Gasteiger partial charge is 0.299 e. The Morgan fingerprint density at radius 2 is 1.88 bits per heavy atom. The van der Waals surface area contributed by atoms with Crippen LogP contribution in [0.3, 0.4) is 0 Å². The normalized spacial score (nSPS) is 16.7. The Morgan fingerprint density at radius 1 is 1.19 bits per heavy atom. The van der Waals surface area contributed by atoms with Gasteiger partial charge in [-0.15, -0.1) is 0 Å². The van der Waals surface area contributed by atoms with E-state index in [0.717, 1.165) is 38.5 Å². The number of nitrogens with one attached hydrogen (secondary N) is 1. The van der Waals surface area contributed by atoms with Crippen LogP contribution in [-0.2, 0) is 16.6 Å². The molecule has 1 aromatic carbocycles. The molecule has 1 aromatic heterocycles. The molecular formula is C19H24FN3O2S. The minimum absolute atomic E-state index is 0.0209. The van der Waals surface area contributed by atoms with Crippen molar-refractivity contribution in [2.75, 3.05) is 19.6 Å². The number of rotatable bonds is 6. The number of likely N-dealkylation sites (tertiary alicyclic amines) is 1. The Bertz CT molecular complexity index is 835. The zero-order valence-electron chi connectivity index (χ0n) is 14.9. The topological polar surface area (TPSA) is 62.3 Å². The average molecular weight is 377 g/mol. The van der Waals surface area contributed by atoms with E-state index in [9.17, 15) is 12.8 Å². The predicted octanol–water partition coefficient (Wildman–Crippen LogP) is 2.72. The molecule has 3 rings (SSSR count). The van der Waals surface area contributed by atoms with E-state index < -0.39 is 15.8 Å². The van der Waals surface area contributed by atoms with E-state index in [-0.39, 0.29) is 4.90 Å². The molecule has 1 saturated heterocycles. The summed E-state index contributed by atoms with van der Waals surface area (Å²) in [7, 11) is -3.69. The number of aryl methyl sites for hydroxylation is 1. The van der Waals surface area contributed by atoms with Gasteiger partial charge in [-0.05, 0) is 74.2 Å². The third-order valence-electron chi connectivity index (χ3n) is 4.86. The minimum Gasteiger partial charge on any atom is -0.299 e. The fraction of sp³-hybridized carbons (Fsp3) is 0.421. The molecule has 0 atom stereocenters. The minimum atomic E-state index is -3.69. The van der Waals surface area contributed by atoms with E-state index in [0.29, 0.717) is 18.0 Å². The van der Waals surface area contributed by atoms with Crippen LogP contribution in [0.4, 0.5) is 4.39 Å². The van der Waals surface area contributed by atoms with Crippen molar-refractivity contribution in [3.8, 4) is 0 Å².